The van der Waals surface area contributed by atoms with Gasteiger partial charge >= 0.3 is 0 Å². The molecular formula is C11H16O2. The highest BCUT2D eigenvalue weighted by Crippen LogP contribution is 2.23. The Morgan fingerprint density at radius 2 is 2.31 bits per heavy atom. The molecule has 2 heteroatoms. The molecule has 1 aliphatic carbocycles. The second-order valence-electron chi connectivity index (χ2n) is 3.84. The lowest BCUT2D eigenvalue weighted by molar-refractivity contribution is -0.124. The van der Waals surface area contributed by atoms with Gasteiger partial charge in [0.25, 0.3) is 0 Å². The fraction of sp³-hybridized carbons (Fsp3) is 0.727. The Morgan fingerprint density at radius 3 is 2.92 bits per heavy atom. The third-order valence-corrected chi connectivity index (χ3v) is 2.83. The summed E-state index contributed by atoms with van der Waals surface area (Å²) in [7, 11) is 0. The molecule has 0 aromatic rings. The van der Waals surface area contributed by atoms with Crippen LogP contribution in [0.5, 0.6) is 0 Å². The Balaban J connectivity index is 1.98. The van der Waals surface area contributed by atoms with Gasteiger partial charge in [-0.05, 0) is 44.1 Å². The fourth-order valence-electron chi connectivity index (χ4n) is 2.05. The van der Waals surface area contributed by atoms with E-state index in [4.69, 9.17) is 4.74 Å². The Kier molecular flexibility index (Phi) is 2.79. The standard InChI is InChI=1S/C11H16O2/c12-11(10-7-4-8-13-10)9-5-2-1-3-6-9/h5,10H,1-4,6-8H2. The normalized spacial score (nSPS) is 28.6. The highest BCUT2D eigenvalue weighted by Gasteiger charge is 2.26. The van der Waals surface area contributed by atoms with Crippen LogP contribution in [0.25, 0.3) is 0 Å². The molecule has 0 bridgehead atoms. The largest absolute Gasteiger partial charge is 0.370 e. The van der Waals surface area contributed by atoms with Gasteiger partial charge in [-0.3, -0.25) is 4.79 Å². The summed E-state index contributed by atoms with van der Waals surface area (Å²) >= 11 is 0. The smallest absolute Gasteiger partial charge is 0.187 e. The van der Waals surface area contributed by atoms with Gasteiger partial charge in [-0.15, -0.1) is 0 Å². The van der Waals surface area contributed by atoms with E-state index in [1.54, 1.807) is 0 Å². The molecule has 1 saturated heterocycles. The summed E-state index contributed by atoms with van der Waals surface area (Å²) in [5, 5.41) is 0. The van der Waals surface area contributed by atoms with Crippen molar-refractivity contribution in [1.29, 1.82) is 0 Å². The summed E-state index contributed by atoms with van der Waals surface area (Å²) in [6.45, 7) is 0.768. The Labute approximate surface area is 79.0 Å². The maximum atomic E-state index is 11.8. The van der Waals surface area contributed by atoms with Crippen LogP contribution in [0.3, 0.4) is 0 Å². The zero-order chi connectivity index (χ0) is 9.10. The van der Waals surface area contributed by atoms with Gasteiger partial charge < -0.3 is 4.74 Å². The molecule has 2 aliphatic rings. The van der Waals surface area contributed by atoms with E-state index in [0.717, 1.165) is 37.9 Å². The van der Waals surface area contributed by atoms with Gasteiger partial charge in [-0.2, -0.15) is 0 Å². The molecule has 13 heavy (non-hydrogen) atoms. The van der Waals surface area contributed by atoms with E-state index in [-0.39, 0.29) is 11.9 Å². The lowest BCUT2D eigenvalue weighted by atomic mass is 9.93. The predicted octanol–water partition coefficient (Wildman–Crippen LogP) is 2.23. The number of Topliss-reactive ketones (excluding diaryl/α,β-unsaturated/α-hetero) is 1. The first-order valence-corrected chi connectivity index (χ1v) is 5.23. The van der Waals surface area contributed by atoms with Crippen LogP contribution in [0.15, 0.2) is 11.6 Å². The summed E-state index contributed by atoms with van der Waals surface area (Å²) in [6, 6.07) is 0. The molecule has 0 amide bonds. The third kappa shape index (κ3) is 1.99. The van der Waals surface area contributed by atoms with Crippen molar-refractivity contribution in [1.82, 2.24) is 0 Å². The van der Waals surface area contributed by atoms with E-state index in [1.807, 2.05) is 0 Å². The first kappa shape index (κ1) is 8.95. The molecule has 1 unspecified atom stereocenters. The molecule has 0 N–H and O–H groups in total. The predicted molar refractivity (Wildman–Crippen MR) is 50.5 cm³/mol. The number of ketones is 1. The van der Waals surface area contributed by atoms with Gasteiger partial charge in [0.15, 0.2) is 5.78 Å². The topological polar surface area (TPSA) is 26.3 Å². The molecule has 1 aliphatic heterocycles. The maximum absolute atomic E-state index is 11.8. The molecule has 0 radical (unpaired) electrons. The number of hydrogen-bond donors (Lipinski definition) is 0. The van der Waals surface area contributed by atoms with E-state index in [1.165, 1.54) is 12.8 Å². The van der Waals surface area contributed by atoms with Gasteiger partial charge in [-0.25, -0.2) is 0 Å². The van der Waals surface area contributed by atoms with Crippen LogP contribution in [-0.2, 0) is 9.53 Å². The molecule has 72 valence electrons. The van der Waals surface area contributed by atoms with Crippen molar-refractivity contribution in [3.05, 3.63) is 11.6 Å². The van der Waals surface area contributed by atoms with Gasteiger partial charge in [-0.1, -0.05) is 6.08 Å². The lowest BCUT2D eigenvalue weighted by Crippen LogP contribution is -2.22. The van der Waals surface area contributed by atoms with Gasteiger partial charge in [0.2, 0.25) is 0 Å². The summed E-state index contributed by atoms with van der Waals surface area (Å²) in [5.74, 6) is 0.261. The summed E-state index contributed by atoms with van der Waals surface area (Å²) in [6.07, 6.45) is 8.43. The van der Waals surface area contributed by atoms with E-state index in [2.05, 4.69) is 6.08 Å². The summed E-state index contributed by atoms with van der Waals surface area (Å²) in [5.41, 5.74) is 1.03. The van der Waals surface area contributed by atoms with Crippen molar-refractivity contribution < 1.29 is 9.53 Å². The number of carbonyl (C=O) groups is 1. The average Bonchev–Trinajstić information content (AvgIpc) is 2.71. The molecule has 0 aromatic heterocycles. The molecular weight excluding hydrogens is 164 g/mol. The van der Waals surface area contributed by atoms with Crippen molar-refractivity contribution in [2.45, 2.75) is 44.6 Å². The van der Waals surface area contributed by atoms with Gasteiger partial charge in [0.1, 0.15) is 6.10 Å². The second kappa shape index (κ2) is 4.05. The van der Waals surface area contributed by atoms with E-state index >= 15 is 0 Å². The highest BCUT2D eigenvalue weighted by atomic mass is 16.5. The van der Waals surface area contributed by atoms with E-state index < -0.39 is 0 Å². The highest BCUT2D eigenvalue weighted by molar-refractivity contribution is 5.99. The van der Waals surface area contributed by atoms with Crippen LogP contribution >= 0.6 is 0 Å². The van der Waals surface area contributed by atoms with Crippen LogP contribution in [0, 0.1) is 0 Å². The van der Waals surface area contributed by atoms with E-state index in [0.29, 0.717) is 0 Å². The van der Waals surface area contributed by atoms with Crippen LogP contribution in [0.4, 0.5) is 0 Å². The average molecular weight is 180 g/mol. The zero-order valence-electron chi connectivity index (χ0n) is 7.92. The van der Waals surface area contributed by atoms with Gasteiger partial charge in [0.05, 0.1) is 0 Å². The molecule has 1 heterocycles. The molecule has 1 atom stereocenters. The SMILES string of the molecule is O=C(C1=CCCCC1)C1CCCO1. The second-order valence-corrected chi connectivity index (χ2v) is 3.84. The number of hydrogen-bond acceptors (Lipinski definition) is 2. The fourth-order valence-corrected chi connectivity index (χ4v) is 2.05. The third-order valence-electron chi connectivity index (χ3n) is 2.83. The minimum atomic E-state index is -0.107. The van der Waals surface area contributed by atoms with Crippen molar-refractivity contribution in [2.75, 3.05) is 6.61 Å². The number of rotatable bonds is 2. The molecule has 0 saturated carbocycles. The quantitative estimate of drug-likeness (QED) is 0.651. The molecule has 2 nitrogen and oxygen atoms in total. The number of allylic oxidation sites excluding steroid dienone is 1. The van der Waals surface area contributed by atoms with Crippen molar-refractivity contribution in [3.8, 4) is 0 Å². The van der Waals surface area contributed by atoms with Crippen LogP contribution in [0.1, 0.15) is 38.5 Å². The Bertz CT molecular complexity index is 224. The monoisotopic (exact) mass is 180 g/mol. The lowest BCUT2D eigenvalue weighted by Gasteiger charge is -2.14. The van der Waals surface area contributed by atoms with Crippen molar-refractivity contribution in [3.63, 3.8) is 0 Å². The van der Waals surface area contributed by atoms with Gasteiger partial charge in [0, 0.05) is 6.61 Å². The Hall–Kier alpha value is -0.630. The first-order chi connectivity index (χ1) is 6.38. The molecule has 1 fully saturated rings. The minimum Gasteiger partial charge on any atom is -0.370 e. The zero-order valence-corrected chi connectivity index (χ0v) is 7.92. The summed E-state index contributed by atoms with van der Waals surface area (Å²) < 4.78 is 5.38. The number of carbonyl (C=O) groups excluding carboxylic acids is 1. The summed E-state index contributed by atoms with van der Waals surface area (Å²) in [4.78, 5) is 11.8. The van der Waals surface area contributed by atoms with Crippen LogP contribution in [0.2, 0.25) is 0 Å². The van der Waals surface area contributed by atoms with Crippen molar-refractivity contribution in [2.24, 2.45) is 0 Å². The molecule has 2 rings (SSSR count). The van der Waals surface area contributed by atoms with Crippen LogP contribution < -0.4 is 0 Å². The first-order valence-electron chi connectivity index (χ1n) is 5.23. The molecule has 0 aromatic carbocycles. The maximum Gasteiger partial charge on any atom is 0.187 e. The van der Waals surface area contributed by atoms with Crippen LogP contribution in [-0.4, -0.2) is 18.5 Å². The minimum absolute atomic E-state index is 0.107. The number of ether oxygens (including phenoxy) is 1. The van der Waals surface area contributed by atoms with Crippen molar-refractivity contribution >= 4 is 5.78 Å². The molecule has 0 spiro atoms. The van der Waals surface area contributed by atoms with E-state index in [9.17, 15) is 4.79 Å². The Morgan fingerprint density at radius 1 is 1.38 bits per heavy atom.